The van der Waals surface area contributed by atoms with Gasteiger partial charge >= 0.3 is 0 Å². The van der Waals surface area contributed by atoms with Crippen LogP contribution in [-0.4, -0.2) is 77.1 Å². The SMILES string of the molecule is [B]CCOOCC(O)CCOCCCC(O)COC(=O)C[B]. The first-order valence-corrected chi connectivity index (χ1v) is 7.34. The Labute approximate surface area is 134 Å². The van der Waals surface area contributed by atoms with Crippen LogP contribution in [0, 0.1) is 0 Å². The van der Waals surface area contributed by atoms with Crippen molar-refractivity contribution < 1.29 is 34.3 Å². The zero-order valence-corrected chi connectivity index (χ0v) is 12.8. The van der Waals surface area contributed by atoms with Crippen molar-refractivity contribution >= 4 is 21.7 Å². The van der Waals surface area contributed by atoms with Gasteiger partial charge in [0.15, 0.2) is 0 Å². The summed E-state index contributed by atoms with van der Waals surface area (Å²) in [6.07, 6.45) is 0.263. The molecule has 0 aliphatic heterocycles. The van der Waals surface area contributed by atoms with Crippen molar-refractivity contribution in [2.24, 2.45) is 0 Å². The minimum atomic E-state index is -0.724. The molecule has 0 heterocycles. The first-order valence-electron chi connectivity index (χ1n) is 7.34. The molecule has 0 aromatic carbocycles. The lowest BCUT2D eigenvalue weighted by Crippen LogP contribution is -2.20. The molecule has 22 heavy (non-hydrogen) atoms. The standard InChI is InChI=1S/C13H24B2O7/c14-4-7-21-22-10-12(17)3-6-19-5-1-2-11(16)9-20-13(18)8-15/h11-12,16-17H,1-10H2. The van der Waals surface area contributed by atoms with Gasteiger partial charge in [0.25, 0.3) is 5.97 Å². The number of carbonyl (C=O) groups excluding carboxylic acids is 1. The quantitative estimate of drug-likeness (QED) is 0.139. The number of aliphatic hydroxyl groups is 2. The van der Waals surface area contributed by atoms with Gasteiger partial charge in [-0.2, -0.15) is 0 Å². The highest BCUT2D eigenvalue weighted by Crippen LogP contribution is 2.01. The van der Waals surface area contributed by atoms with E-state index in [9.17, 15) is 15.0 Å². The first-order chi connectivity index (χ1) is 10.6. The van der Waals surface area contributed by atoms with Gasteiger partial charge in [-0.05, 0) is 19.3 Å². The fourth-order valence-electron chi connectivity index (χ4n) is 1.39. The number of aliphatic hydroxyl groups excluding tert-OH is 2. The molecule has 2 N–H and O–H groups in total. The smallest absolute Gasteiger partial charge is 0.297 e. The van der Waals surface area contributed by atoms with E-state index in [0.717, 1.165) is 0 Å². The topological polar surface area (TPSA) is 94.5 Å². The third-order valence-corrected chi connectivity index (χ3v) is 2.57. The van der Waals surface area contributed by atoms with Gasteiger partial charge in [0.1, 0.15) is 13.2 Å². The second-order valence-electron chi connectivity index (χ2n) is 4.63. The van der Waals surface area contributed by atoms with Crippen LogP contribution in [0.25, 0.3) is 0 Å². The number of rotatable bonds is 15. The zero-order chi connectivity index (χ0) is 16.6. The molecule has 0 aromatic heterocycles. The molecular formula is C13H24B2O7. The number of carbonyl (C=O) groups is 1. The maximum Gasteiger partial charge on any atom is 0.297 e. The van der Waals surface area contributed by atoms with Gasteiger partial charge in [-0.15, -0.1) is 0 Å². The van der Waals surface area contributed by atoms with Crippen LogP contribution in [0.5, 0.6) is 0 Å². The second-order valence-corrected chi connectivity index (χ2v) is 4.63. The minimum absolute atomic E-state index is 0.0606. The maximum absolute atomic E-state index is 10.8. The van der Waals surface area contributed by atoms with Crippen molar-refractivity contribution in [3.05, 3.63) is 0 Å². The van der Waals surface area contributed by atoms with Crippen molar-refractivity contribution in [2.75, 3.05) is 33.0 Å². The third-order valence-electron chi connectivity index (χ3n) is 2.57. The summed E-state index contributed by atoms with van der Waals surface area (Å²) in [6, 6.07) is 0. The number of ether oxygens (including phenoxy) is 2. The molecule has 0 aliphatic carbocycles. The summed E-state index contributed by atoms with van der Waals surface area (Å²) in [7, 11) is 10.3. The summed E-state index contributed by atoms with van der Waals surface area (Å²) in [5.41, 5.74) is 0. The fourth-order valence-corrected chi connectivity index (χ4v) is 1.39. The average Bonchev–Trinajstić information content (AvgIpc) is 2.52. The summed E-state index contributed by atoms with van der Waals surface area (Å²) < 4.78 is 10.0. The van der Waals surface area contributed by atoms with E-state index < -0.39 is 18.2 Å². The van der Waals surface area contributed by atoms with Gasteiger partial charge in [0.2, 0.25) is 0 Å². The molecule has 4 radical (unpaired) electrons. The summed E-state index contributed by atoms with van der Waals surface area (Å²) in [5.74, 6) is -0.540. The largest absolute Gasteiger partial charge is 0.463 e. The van der Waals surface area contributed by atoms with E-state index in [2.05, 4.69) is 4.89 Å². The van der Waals surface area contributed by atoms with E-state index in [-0.39, 0.29) is 26.1 Å². The molecule has 0 spiro atoms. The predicted molar refractivity (Wildman–Crippen MR) is 80.7 cm³/mol. The molecule has 9 heteroatoms. The highest BCUT2D eigenvalue weighted by molar-refractivity contribution is 6.18. The summed E-state index contributed by atoms with van der Waals surface area (Å²) in [4.78, 5) is 20.2. The maximum atomic E-state index is 10.8. The molecule has 2 unspecified atom stereocenters. The Bertz CT molecular complexity index is 269. The van der Waals surface area contributed by atoms with E-state index >= 15 is 0 Å². The van der Waals surface area contributed by atoms with E-state index in [1.165, 1.54) is 0 Å². The average molecular weight is 314 g/mol. The molecule has 2 atom stereocenters. The van der Waals surface area contributed by atoms with Gasteiger partial charge in [-0.1, -0.05) is 6.32 Å². The lowest BCUT2D eigenvalue weighted by atomic mass is 10.1. The number of hydrogen-bond donors (Lipinski definition) is 2. The molecule has 0 bridgehead atoms. The minimum Gasteiger partial charge on any atom is -0.463 e. The Morgan fingerprint density at radius 1 is 0.955 bits per heavy atom. The van der Waals surface area contributed by atoms with Crippen LogP contribution >= 0.6 is 0 Å². The van der Waals surface area contributed by atoms with Gasteiger partial charge in [-0.25, -0.2) is 9.78 Å². The highest BCUT2D eigenvalue weighted by Gasteiger charge is 2.08. The van der Waals surface area contributed by atoms with Crippen LogP contribution in [-0.2, 0) is 24.0 Å². The monoisotopic (exact) mass is 314 g/mol. The third kappa shape index (κ3) is 14.3. The van der Waals surface area contributed by atoms with Crippen molar-refractivity contribution in [3.63, 3.8) is 0 Å². The predicted octanol–water partition coefficient (Wildman–Crippen LogP) is -0.440. The summed E-state index contributed by atoms with van der Waals surface area (Å²) >= 11 is 0. The van der Waals surface area contributed by atoms with Gasteiger partial charge < -0.3 is 19.7 Å². The van der Waals surface area contributed by atoms with Crippen molar-refractivity contribution in [1.29, 1.82) is 0 Å². The van der Waals surface area contributed by atoms with E-state index in [1.807, 2.05) is 0 Å². The van der Waals surface area contributed by atoms with Crippen LogP contribution in [0.2, 0.25) is 12.6 Å². The normalized spacial score (nSPS) is 13.7. The van der Waals surface area contributed by atoms with Crippen molar-refractivity contribution in [1.82, 2.24) is 0 Å². The Hall–Kier alpha value is -0.600. The zero-order valence-electron chi connectivity index (χ0n) is 12.8. The van der Waals surface area contributed by atoms with Gasteiger partial charge in [-0.3, -0.25) is 4.79 Å². The molecule has 0 saturated carbocycles. The fraction of sp³-hybridized carbons (Fsp3) is 0.923. The molecule has 0 aliphatic rings. The van der Waals surface area contributed by atoms with Gasteiger partial charge in [0.05, 0.1) is 34.5 Å². The van der Waals surface area contributed by atoms with Crippen LogP contribution in [0.1, 0.15) is 19.3 Å². The van der Waals surface area contributed by atoms with E-state index in [4.69, 9.17) is 30.1 Å². The lowest BCUT2D eigenvalue weighted by molar-refractivity contribution is -0.302. The molecule has 0 rings (SSSR count). The lowest BCUT2D eigenvalue weighted by Gasteiger charge is -2.12. The number of hydrogen-bond acceptors (Lipinski definition) is 7. The Balaban J connectivity index is 3.33. The Morgan fingerprint density at radius 2 is 1.68 bits per heavy atom. The van der Waals surface area contributed by atoms with Crippen LogP contribution in [0.3, 0.4) is 0 Å². The molecule has 124 valence electrons. The molecule has 7 nitrogen and oxygen atoms in total. The van der Waals surface area contributed by atoms with E-state index in [1.54, 1.807) is 0 Å². The van der Waals surface area contributed by atoms with Crippen LogP contribution in [0.4, 0.5) is 0 Å². The molecular weight excluding hydrogens is 290 g/mol. The second kappa shape index (κ2) is 15.3. The molecule has 0 amide bonds. The molecule has 0 aromatic rings. The summed E-state index contributed by atoms with van der Waals surface area (Å²) in [6.45, 7) is 1.11. The van der Waals surface area contributed by atoms with E-state index in [0.29, 0.717) is 38.8 Å². The molecule has 0 fully saturated rings. The van der Waals surface area contributed by atoms with Crippen LogP contribution < -0.4 is 0 Å². The number of esters is 1. The van der Waals surface area contributed by atoms with Gasteiger partial charge in [0, 0.05) is 19.5 Å². The first kappa shape index (κ1) is 21.4. The van der Waals surface area contributed by atoms with Crippen molar-refractivity contribution in [3.8, 4) is 0 Å². The Kier molecular flexibility index (Phi) is 14.9. The van der Waals surface area contributed by atoms with Crippen molar-refractivity contribution in [2.45, 2.75) is 44.1 Å². The highest BCUT2D eigenvalue weighted by atomic mass is 17.2. The summed E-state index contributed by atoms with van der Waals surface area (Å²) in [5, 5.41) is 19.0. The Morgan fingerprint density at radius 3 is 2.36 bits per heavy atom. The van der Waals surface area contributed by atoms with Crippen LogP contribution in [0.15, 0.2) is 0 Å². The molecule has 0 saturated heterocycles.